The van der Waals surface area contributed by atoms with Crippen molar-refractivity contribution in [2.75, 3.05) is 6.61 Å². The van der Waals surface area contributed by atoms with Gasteiger partial charge in [-0.3, -0.25) is 19.2 Å². The summed E-state index contributed by atoms with van der Waals surface area (Å²) in [4.78, 5) is 51.7. The predicted octanol–water partition coefficient (Wildman–Crippen LogP) is 4.79. The van der Waals surface area contributed by atoms with Gasteiger partial charge in [-0.15, -0.1) is 6.58 Å². The minimum atomic E-state index is -1.23. The SMILES string of the molecule is C=CC[C@H]1O[C@H](COC(=O)C(C)(C)C)[C@@H](OC(=O)C(C)(C)C)[C@H](OC(=O)C(C)(C)C)[C@H]1OC(=O)C(C)(C)C. The van der Waals surface area contributed by atoms with Crippen molar-refractivity contribution in [1.82, 2.24) is 0 Å². The van der Waals surface area contributed by atoms with Crippen LogP contribution in [0.25, 0.3) is 0 Å². The zero-order valence-corrected chi connectivity index (χ0v) is 25.3. The van der Waals surface area contributed by atoms with E-state index in [0.717, 1.165) is 0 Å². The highest BCUT2D eigenvalue weighted by molar-refractivity contribution is 5.78. The van der Waals surface area contributed by atoms with Crippen LogP contribution in [0, 0.1) is 21.7 Å². The topological polar surface area (TPSA) is 114 Å². The van der Waals surface area contributed by atoms with E-state index in [2.05, 4.69) is 6.58 Å². The lowest BCUT2D eigenvalue weighted by molar-refractivity contribution is -0.259. The standard InChI is InChI=1S/C29H48O9/c1-14-15-17-19(36-23(31)27(5,6)7)21(38-25(33)29(11,12)13)20(37-24(32)28(8,9)10)18(35-17)16-34-22(30)26(2,3)4/h14,17-21H,1,15-16H2,2-13H3/t17-,18-,19+,20-,21-/m1/s1. The van der Waals surface area contributed by atoms with Gasteiger partial charge in [-0.1, -0.05) is 6.08 Å². The van der Waals surface area contributed by atoms with Gasteiger partial charge in [0.2, 0.25) is 0 Å². The average Bonchev–Trinajstić information content (AvgIpc) is 2.73. The van der Waals surface area contributed by atoms with Crippen molar-refractivity contribution in [3.63, 3.8) is 0 Å². The molecule has 0 radical (unpaired) electrons. The van der Waals surface area contributed by atoms with Gasteiger partial charge in [0.05, 0.1) is 21.7 Å². The molecule has 0 aromatic heterocycles. The van der Waals surface area contributed by atoms with Crippen LogP contribution in [0.4, 0.5) is 0 Å². The predicted molar refractivity (Wildman–Crippen MR) is 142 cm³/mol. The maximum atomic E-state index is 13.1. The molecular weight excluding hydrogens is 492 g/mol. The number of hydrogen-bond acceptors (Lipinski definition) is 9. The maximum absolute atomic E-state index is 13.1. The second-order valence-electron chi connectivity index (χ2n) is 13.9. The van der Waals surface area contributed by atoms with Crippen molar-refractivity contribution in [3.05, 3.63) is 12.7 Å². The fraction of sp³-hybridized carbons (Fsp3) is 0.793. The van der Waals surface area contributed by atoms with Crippen LogP contribution >= 0.6 is 0 Å². The highest BCUT2D eigenvalue weighted by Gasteiger charge is 2.54. The first kappa shape index (κ1) is 33.6. The van der Waals surface area contributed by atoms with E-state index < -0.39 is 76.1 Å². The Labute approximate surface area is 227 Å². The summed E-state index contributed by atoms with van der Waals surface area (Å²) in [6.45, 7) is 23.8. The normalized spacial score (nSPS) is 24.7. The molecule has 1 aliphatic heterocycles. The lowest BCUT2D eigenvalue weighted by Crippen LogP contribution is -2.63. The van der Waals surface area contributed by atoms with Gasteiger partial charge >= 0.3 is 23.9 Å². The average molecular weight is 541 g/mol. The third-order valence-electron chi connectivity index (χ3n) is 5.69. The smallest absolute Gasteiger partial charge is 0.311 e. The molecular formula is C29H48O9. The van der Waals surface area contributed by atoms with E-state index in [-0.39, 0.29) is 13.0 Å². The molecule has 1 rings (SSSR count). The first-order valence-electron chi connectivity index (χ1n) is 13.1. The van der Waals surface area contributed by atoms with Gasteiger partial charge in [-0.25, -0.2) is 0 Å². The Morgan fingerprint density at radius 1 is 0.605 bits per heavy atom. The molecule has 0 saturated carbocycles. The summed E-state index contributed by atoms with van der Waals surface area (Å²) in [5, 5.41) is 0. The van der Waals surface area contributed by atoms with E-state index in [4.69, 9.17) is 23.7 Å². The molecule has 0 amide bonds. The summed E-state index contributed by atoms with van der Waals surface area (Å²) in [5.74, 6) is -2.19. The van der Waals surface area contributed by atoms with Crippen LogP contribution in [0.1, 0.15) is 89.5 Å². The molecule has 1 heterocycles. The molecule has 218 valence electrons. The van der Waals surface area contributed by atoms with Gasteiger partial charge in [0.25, 0.3) is 0 Å². The van der Waals surface area contributed by atoms with Gasteiger partial charge < -0.3 is 23.7 Å². The summed E-state index contributed by atoms with van der Waals surface area (Å²) >= 11 is 0. The quantitative estimate of drug-likeness (QED) is 0.255. The van der Waals surface area contributed by atoms with Crippen molar-refractivity contribution >= 4 is 23.9 Å². The Balaban J connectivity index is 3.64. The highest BCUT2D eigenvalue weighted by Crippen LogP contribution is 2.35. The molecule has 1 fully saturated rings. The molecule has 0 aliphatic carbocycles. The Morgan fingerprint density at radius 3 is 1.29 bits per heavy atom. The number of carbonyl (C=O) groups excluding carboxylic acids is 4. The second kappa shape index (κ2) is 12.2. The molecule has 9 nitrogen and oxygen atoms in total. The molecule has 1 aliphatic rings. The van der Waals surface area contributed by atoms with Gasteiger partial charge in [0.1, 0.15) is 18.8 Å². The zero-order chi connectivity index (χ0) is 29.9. The fourth-order valence-electron chi connectivity index (χ4n) is 3.17. The number of carbonyl (C=O) groups is 4. The minimum absolute atomic E-state index is 0.231. The van der Waals surface area contributed by atoms with Gasteiger partial charge in [0.15, 0.2) is 18.3 Å². The number of ether oxygens (including phenoxy) is 5. The Morgan fingerprint density at radius 2 is 0.947 bits per heavy atom. The van der Waals surface area contributed by atoms with E-state index in [9.17, 15) is 19.2 Å². The van der Waals surface area contributed by atoms with Crippen LogP contribution in [0.15, 0.2) is 12.7 Å². The summed E-state index contributed by atoms with van der Waals surface area (Å²) in [6, 6.07) is 0. The van der Waals surface area contributed by atoms with Crippen LogP contribution in [0.2, 0.25) is 0 Å². The van der Waals surface area contributed by atoms with Crippen LogP contribution in [-0.4, -0.2) is 61.0 Å². The van der Waals surface area contributed by atoms with Crippen molar-refractivity contribution < 1.29 is 42.9 Å². The monoisotopic (exact) mass is 540 g/mol. The summed E-state index contributed by atoms with van der Waals surface area (Å²) in [6.07, 6.45) is -3.55. The van der Waals surface area contributed by atoms with Crippen molar-refractivity contribution in [2.45, 2.75) is 120 Å². The molecule has 1 saturated heterocycles. The third kappa shape index (κ3) is 9.40. The highest BCUT2D eigenvalue weighted by atomic mass is 16.7. The van der Waals surface area contributed by atoms with Gasteiger partial charge in [-0.2, -0.15) is 0 Å². The Kier molecular flexibility index (Phi) is 10.8. The van der Waals surface area contributed by atoms with E-state index in [0.29, 0.717) is 0 Å². The largest absolute Gasteiger partial charge is 0.462 e. The molecule has 5 atom stereocenters. The zero-order valence-electron chi connectivity index (χ0n) is 25.3. The van der Waals surface area contributed by atoms with Crippen LogP contribution in [0.3, 0.4) is 0 Å². The first-order chi connectivity index (χ1) is 17.0. The summed E-state index contributed by atoms with van der Waals surface area (Å²) in [5.41, 5.74) is -3.46. The van der Waals surface area contributed by atoms with E-state index in [1.54, 1.807) is 89.2 Å². The van der Waals surface area contributed by atoms with Crippen LogP contribution < -0.4 is 0 Å². The number of hydrogen-bond donors (Lipinski definition) is 0. The molecule has 0 N–H and O–H groups in total. The maximum Gasteiger partial charge on any atom is 0.311 e. The molecule has 0 unspecified atom stereocenters. The number of rotatable bonds is 7. The molecule has 0 aromatic carbocycles. The van der Waals surface area contributed by atoms with Gasteiger partial charge in [0, 0.05) is 0 Å². The molecule has 0 spiro atoms. The first-order valence-corrected chi connectivity index (χ1v) is 13.1. The lowest BCUT2D eigenvalue weighted by atomic mass is 9.90. The van der Waals surface area contributed by atoms with E-state index >= 15 is 0 Å². The molecule has 9 heteroatoms. The van der Waals surface area contributed by atoms with Crippen LogP contribution in [0.5, 0.6) is 0 Å². The number of esters is 4. The van der Waals surface area contributed by atoms with Gasteiger partial charge in [-0.05, 0) is 89.5 Å². The fourth-order valence-corrected chi connectivity index (χ4v) is 3.17. The van der Waals surface area contributed by atoms with E-state index in [1.165, 1.54) is 0 Å². The summed E-state index contributed by atoms with van der Waals surface area (Å²) < 4.78 is 29.5. The minimum Gasteiger partial charge on any atom is -0.462 e. The molecule has 38 heavy (non-hydrogen) atoms. The Hall–Kier alpha value is -2.42. The van der Waals surface area contributed by atoms with E-state index in [1.807, 2.05) is 0 Å². The Bertz CT molecular complexity index is 878. The third-order valence-corrected chi connectivity index (χ3v) is 5.69. The van der Waals surface area contributed by atoms with Crippen molar-refractivity contribution in [2.24, 2.45) is 21.7 Å². The second-order valence-corrected chi connectivity index (χ2v) is 13.9. The molecule has 0 aromatic rings. The summed E-state index contributed by atoms with van der Waals surface area (Å²) in [7, 11) is 0. The van der Waals surface area contributed by atoms with Crippen molar-refractivity contribution in [1.29, 1.82) is 0 Å². The lowest BCUT2D eigenvalue weighted by Gasteiger charge is -2.46. The van der Waals surface area contributed by atoms with Crippen molar-refractivity contribution in [3.8, 4) is 0 Å². The molecule has 0 bridgehead atoms. The van der Waals surface area contributed by atoms with Crippen LogP contribution in [-0.2, 0) is 42.9 Å².